The molecule has 2 aromatic heterocycles. The van der Waals surface area contributed by atoms with Gasteiger partial charge in [0.2, 0.25) is 11.7 Å². The van der Waals surface area contributed by atoms with Crippen molar-refractivity contribution in [2.24, 2.45) is 0 Å². The van der Waals surface area contributed by atoms with E-state index in [1.807, 2.05) is 36.4 Å². The average Bonchev–Trinajstić information content (AvgIpc) is 3.59. The van der Waals surface area contributed by atoms with Gasteiger partial charge in [-0.1, -0.05) is 60.5 Å². The quantitative estimate of drug-likeness (QED) is 0.430. The fourth-order valence-electron chi connectivity index (χ4n) is 4.34. The minimum atomic E-state index is -0.101. The molecule has 2 heterocycles. The van der Waals surface area contributed by atoms with Gasteiger partial charge >= 0.3 is 0 Å². The maximum Gasteiger partial charge on any atom is 0.251 e. The first-order valence-electron chi connectivity index (χ1n) is 10.8. The van der Waals surface area contributed by atoms with Gasteiger partial charge in [-0.3, -0.25) is 4.79 Å². The number of hydrogen-bond donors (Lipinski definition) is 1. The Morgan fingerprint density at radius 3 is 2.59 bits per heavy atom. The number of nitrogens with zero attached hydrogens (tertiary/aromatic N) is 3. The molecule has 7 heteroatoms. The van der Waals surface area contributed by atoms with Crippen LogP contribution in [0.15, 0.2) is 64.5 Å². The predicted octanol–water partition coefficient (Wildman–Crippen LogP) is 5.41. The molecule has 2 aromatic carbocycles. The molecule has 0 unspecified atom stereocenters. The zero-order chi connectivity index (χ0) is 22.0. The van der Waals surface area contributed by atoms with Gasteiger partial charge in [-0.25, -0.2) is 4.98 Å². The van der Waals surface area contributed by atoms with E-state index in [9.17, 15) is 4.79 Å². The Balaban J connectivity index is 1.33. The second-order valence-electron chi connectivity index (χ2n) is 8.29. The first kappa shape index (κ1) is 20.6. The van der Waals surface area contributed by atoms with Crippen molar-refractivity contribution < 1.29 is 9.32 Å². The van der Waals surface area contributed by atoms with Gasteiger partial charge in [0, 0.05) is 41.0 Å². The fraction of sp³-hybridized carbons (Fsp3) is 0.280. The molecule has 162 valence electrons. The molecule has 0 radical (unpaired) electrons. The lowest BCUT2D eigenvalue weighted by Gasteiger charge is -2.27. The van der Waals surface area contributed by atoms with E-state index in [0.717, 1.165) is 47.5 Å². The number of hydrogen-bond acceptors (Lipinski definition) is 6. The van der Waals surface area contributed by atoms with E-state index in [4.69, 9.17) is 9.51 Å². The third kappa shape index (κ3) is 4.08. The van der Waals surface area contributed by atoms with E-state index >= 15 is 0 Å². The van der Waals surface area contributed by atoms with Gasteiger partial charge in [0.15, 0.2) is 0 Å². The highest BCUT2D eigenvalue weighted by molar-refractivity contribution is 7.10. The topological polar surface area (TPSA) is 80.9 Å². The van der Waals surface area contributed by atoms with Crippen LogP contribution in [0.1, 0.15) is 46.9 Å². The minimum Gasteiger partial charge on any atom is -0.351 e. The monoisotopic (exact) mass is 444 g/mol. The molecule has 5 rings (SSSR count). The first-order valence-corrected chi connectivity index (χ1v) is 11.7. The maximum atomic E-state index is 13.0. The van der Waals surface area contributed by atoms with E-state index in [0.29, 0.717) is 23.8 Å². The Morgan fingerprint density at radius 1 is 1.06 bits per heavy atom. The van der Waals surface area contributed by atoms with Crippen LogP contribution in [0, 0.1) is 6.92 Å². The summed E-state index contributed by atoms with van der Waals surface area (Å²) in [7, 11) is 0. The molecule has 0 atom stereocenters. The number of rotatable bonds is 6. The van der Waals surface area contributed by atoms with E-state index < -0.39 is 0 Å². The van der Waals surface area contributed by atoms with Crippen molar-refractivity contribution in [2.45, 2.75) is 38.0 Å². The van der Waals surface area contributed by atoms with Crippen molar-refractivity contribution in [1.82, 2.24) is 20.4 Å². The molecular formula is C25H24N4O2S. The number of carbonyl (C=O) groups is 1. The van der Waals surface area contributed by atoms with Crippen LogP contribution in [0.4, 0.5) is 0 Å². The molecule has 0 saturated heterocycles. The van der Waals surface area contributed by atoms with Crippen LogP contribution in [0.2, 0.25) is 0 Å². The number of aryl methyl sites for hydroxylation is 1. The molecule has 1 saturated carbocycles. The van der Waals surface area contributed by atoms with Crippen LogP contribution in [-0.2, 0) is 5.41 Å². The van der Waals surface area contributed by atoms with Crippen LogP contribution in [0.5, 0.6) is 0 Å². The number of thiazole rings is 1. The Labute approximate surface area is 190 Å². The molecule has 1 aliphatic rings. The van der Waals surface area contributed by atoms with Crippen LogP contribution in [-0.4, -0.2) is 27.6 Å². The normalized spacial score (nSPS) is 15.0. The summed E-state index contributed by atoms with van der Waals surface area (Å²) in [5.41, 5.74) is 3.38. The lowest BCUT2D eigenvalue weighted by Crippen LogP contribution is -2.39. The molecule has 0 bridgehead atoms. The highest BCUT2D eigenvalue weighted by atomic mass is 32.1. The van der Waals surface area contributed by atoms with E-state index in [1.165, 1.54) is 0 Å². The standard InChI is InChI=1S/C25H24N4O2S/c1-17-27-22(29-31-17)19-10-7-11-20(14-19)23(30)26-16-25(12-5-6-13-25)24-28-21(15-32-24)18-8-3-2-4-9-18/h2-4,7-11,14-15H,5-6,12-13,16H2,1H3,(H,26,30). The summed E-state index contributed by atoms with van der Waals surface area (Å²) in [6.45, 7) is 2.33. The van der Waals surface area contributed by atoms with Crippen LogP contribution in [0.25, 0.3) is 22.6 Å². The van der Waals surface area contributed by atoms with Crippen LogP contribution < -0.4 is 5.32 Å². The minimum absolute atomic E-state index is 0.0989. The zero-order valence-electron chi connectivity index (χ0n) is 17.9. The number of aromatic nitrogens is 3. The molecule has 6 nitrogen and oxygen atoms in total. The summed E-state index contributed by atoms with van der Waals surface area (Å²) in [4.78, 5) is 22.2. The summed E-state index contributed by atoms with van der Waals surface area (Å²) >= 11 is 1.70. The summed E-state index contributed by atoms with van der Waals surface area (Å²) in [6, 6.07) is 17.6. The SMILES string of the molecule is Cc1nc(-c2cccc(C(=O)NCC3(c4nc(-c5ccccc5)cs4)CCCC3)c2)no1. The number of benzene rings is 2. The third-order valence-corrected chi connectivity index (χ3v) is 7.17. The zero-order valence-corrected chi connectivity index (χ0v) is 18.7. The van der Waals surface area contributed by atoms with E-state index in [-0.39, 0.29) is 11.3 Å². The number of carbonyl (C=O) groups excluding carboxylic acids is 1. The molecule has 0 spiro atoms. The highest BCUT2D eigenvalue weighted by Gasteiger charge is 2.38. The van der Waals surface area contributed by atoms with Crippen molar-refractivity contribution in [3.8, 4) is 22.6 Å². The summed E-state index contributed by atoms with van der Waals surface area (Å²) in [6.07, 6.45) is 4.39. The summed E-state index contributed by atoms with van der Waals surface area (Å²) < 4.78 is 5.06. The number of amides is 1. The molecular weight excluding hydrogens is 420 g/mol. The Kier molecular flexibility index (Phi) is 5.57. The Hall–Kier alpha value is -3.32. The third-order valence-electron chi connectivity index (χ3n) is 6.09. The van der Waals surface area contributed by atoms with E-state index in [1.54, 1.807) is 24.3 Å². The van der Waals surface area contributed by atoms with Gasteiger partial charge < -0.3 is 9.84 Å². The lowest BCUT2D eigenvalue weighted by molar-refractivity contribution is 0.0943. The van der Waals surface area contributed by atoms with Crippen molar-refractivity contribution >= 4 is 17.2 Å². The highest BCUT2D eigenvalue weighted by Crippen LogP contribution is 2.43. The van der Waals surface area contributed by atoms with Gasteiger partial charge in [0.05, 0.1) is 5.69 Å². The second-order valence-corrected chi connectivity index (χ2v) is 9.15. The van der Waals surface area contributed by atoms with Crippen molar-refractivity contribution in [3.05, 3.63) is 76.4 Å². The molecule has 4 aromatic rings. The second kappa shape index (κ2) is 8.67. The fourth-order valence-corrected chi connectivity index (χ4v) is 5.43. The summed E-state index contributed by atoms with van der Waals surface area (Å²) in [5.74, 6) is 0.884. The lowest BCUT2D eigenvalue weighted by atomic mass is 9.86. The average molecular weight is 445 g/mol. The van der Waals surface area contributed by atoms with Gasteiger partial charge in [0.1, 0.15) is 5.01 Å². The van der Waals surface area contributed by atoms with Crippen molar-refractivity contribution in [1.29, 1.82) is 0 Å². The van der Waals surface area contributed by atoms with Crippen LogP contribution in [0.3, 0.4) is 0 Å². The Morgan fingerprint density at radius 2 is 1.84 bits per heavy atom. The Bertz CT molecular complexity index is 1230. The van der Waals surface area contributed by atoms with Gasteiger partial charge in [-0.2, -0.15) is 4.98 Å². The molecule has 32 heavy (non-hydrogen) atoms. The van der Waals surface area contributed by atoms with Crippen molar-refractivity contribution in [3.63, 3.8) is 0 Å². The van der Waals surface area contributed by atoms with Gasteiger partial charge in [-0.15, -0.1) is 11.3 Å². The van der Waals surface area contributed by atoms with Crippen molar-refractivity contribution in [2.75, 3.05) is 6.54 Å². The van der Waals surface area contributed by atoms with Gasteiger partial charge in [0.25, 0.3) is 5.91 Å². The maximum absolute atomic E-state index is 13.0. The van der Waals surface area contributed by atoms with Gasteiger partial charge in [-0.05, 0) is 25.0 Å². The summed E-state index contributed by atoms with van der Waals surface area (Å²) in [5, 5.41) is 10.4. The number of nitrogens with one attached hydrogen (secondary N) is 1. The molecule has 1 fully saturated rings. The largest absolute Gasteiger partial charge is 0.351 e. The van der Waals surface area contributed by atoms with E-state index in [2.05, 4.69) is 33.0 Å². The first-order chi connectivity index (χ1) is 15.6. The molecule has 1 amide bonds. The molecule has 0 aliphatic heterocycles. The smallest absolute Gasteiger partial charge is 0.251 e. The van der Waals surface area contributed by atoms with Crippen LogP contribution >= 0.6 is 11.3 Å². The predicted molar refractivity (Wildman–Crippen MR) is 125 cm³/mol. The molecule has 1 aliphatic carbocycles. The molecule has 1 N–H and O–H groups in total.